The van der Waals surface area contributed by atoms with Crippen LogP contribution >= 0.6 is 11.6 Å². The molecule has 4 aromatic rings. The molecule has 6 nitrogen and oxygen atoms in total. The van der Waals surface area contributed by atoms with Crippen LogP contribution < -0.4 is 10.6 Å². The fraction of sp³-hybridized carbons (Fsp3) is 0.308. The van der Waals surface area contributed by atoms with Crippen molar-refractivity contribution in [2.24, 2.45) is 0 Å². The molecule has 0 atom stereocenters. The van der Waals surface area contributed by atoms with E-state index in [-0.39, 0.29) is 5.82 Å². The molecule has 0 amide bonds. The first-order chi connectivity index (χ1) is 16.3. The number of rotatable bonds is 4. The second-order valence-electron chi connectivity index (χ2n) is 9.04. The highest BCUT2D eigenvalue weighted by atomic mass is 35.5. The highest BCUT2D eigenvalue weighted by Crippen LogP contribution is 2.35. The van der Waals surface area contributed by atoms with Crippen LogP contribution in [0.3, 0.4) is 0 Å². The Kier molecular flexibility index (Phi) is 5.91. The number of hydrogen-bond donors (Lipinski definition) is 1. The second kappa shape index (κ2) is 8.89. The molecule has 2 aromatic heterocycles. The number of aromatic nitrogens is 3. The zero-order chi connectivity index (χ0) is 24.0. The summed E-state index contributed by atoms with van der Waals surface area (Å²) >= 11 is 6.19. The number of benzene rings is 2. The normalized spacial score (nSPS) is 14.9. The molecule has 176 valence electrons. The van der Waals surface area contributed by atoms with Crippen molar-refractivity contribution in [3.05, 3.63) is 65.2 Å². The lowest BCUT2D eigenvalue weighted by molar-refractivity contribution is 0.209. The lowest BCUT2D eigenvalue weighted by Crippen LogP contribution is -2.48. The monoisotopic (exact) mass is 478 g/mol. The average Bonchev–Trinajstić information content (AvgIpc) is 3.23. The molecule has 1 aliphatic heterocycles. The predicted molar refractivity (Wildman–Crippen MR) is 137 cm³/mol. The van der Waals surface area contributed by atoms with Crippen molar-refractivity contribution in [3.63, 3.8) is 0 Å². The van der Waals surface area contributed by atoms with Crippen molar-refractivity contribution in [1.82, 2.24) is 19.5 Å². The summed E-state index contributed by atoms with van der Waals surface area (Å²) < 4.78 is 16.6. The predicted octanol–water partition coefficient (Wildman–Crippen LogP) is 5.28. The fourth-order valence-corrected chi connectivity index (χ4v) is 4.93. The molecule has 1 fully saturated rings. The molecule has 0 unspecified atom stereocenters. The number of piperazine rings is 1. The Hall–Kier alpha value is -3.16. The Bertz CT molecular complexity index is 1360. The Morgan fingerprint density at radius 1 is 1.03 bits per heavy atom. The van der Waals surface area contributed by atoms with E-state index in [1.807, 2.05) is 43.3 Å². The lowest BCUT2D eigenvalue weighted by Gasteiger charge is -2.38. The Morgan fingerprint density at radius 2 is 1.79 bits per heavy atom. The van der Waals surface area contributed by atoms with Crippen LogP contribution in [0, 0.1) is 12.7 Å². The largest absolute Gasteiger partial charge is 0.383 e. The van der Waals surface area contributed by atoms with Crippen LogP contribution in [-0.4, -0.2) is 51.7 Å². The van der Waals surface area contributed by atoms with E-state index < -0.39 is 0 Å². The van der Waals surface area contributed by atoms with Crippen LogP contribution in [0.4, 0.5) is 15.9 Å². The summed E-state index contributed by atoms with van der Waals surface area (Å²) in [6.45, 7) is 10.1. The van der Waals surface area contributed by atoms with Crippen molar-refractivity contribution in [3.8, 4) is 22.3 Å². The van der Waals surface area contributed by atoms with Gasteiger partial charge in [-0.2, -0.15) is 9.61 Å². The van der Waals surface area contributed by atoms with Crippen molar-refractivity contribution in [1.29, 1.82) is 0 Å². The number of fused-ring (bicyclic) bond motifs is 1. The highest BCUT2D eigenvalue weighted by Gasteiger charge is 2.22. The molecule has 0 radical (unpaired) electrons. The van der Waals surface area contributed by atoms with E-state index in [0.29, 0.717) is 33.7 Å². The molecule has 2 aromatic carbocycles. The average molecular weight is 479 g/mol. The van der Waals surface area contributed by atoms with Crippen LogP contribution in [0.2, 0.25) is 5.02 Å². The second-order valence-corrected chi connectivity index (χ2v) is 9.48. The maximum atomic E-state index is 15.0. The topological polar surface area (TPSA) is 62.7 Å². The molecule has 0 saturated carbocycles. The first-order valence-corrected chi connectivity index (χ1v) is 11.9. The molecule has 8 heteroatoms. The van der Waals surface area contributed by atoms with Crippen molar-refractivity contribution >= 4 is 28.8 Å². The molecule has 0 aliphatic carbocycles. The first-order valence-electron chi connectivity index (χ1n) is 11.5. The van der Waals surface area contributed by atoms with Gasteiger partial charge in [0.25, 0.3) is 0 Å². The zero-order valence-electron chi connectivity index (χ0n) is 19.6. The number of hydrogen-bond acceptors (Lipinski definition) is 5. The van der Waals surface area contributed by atoms with Gasteiger partial charge in [-0.1, -0.05) is 23.7 Å². The summed E-state index contributed by atoms with van der Waals surface area (Å²) in [4.78, 5) is 9.54. The summed E-state index contributed by atoms with van der Waals surface area (Å²) in [5.41, 5.74) is 11.5. The van der Waals surface area contributed by atoms with Crippen molar-refractivity contribution in [2.75, 3.05) is 36.8 Å². The molecule has 3 heterocycles. The van der Waals surface area contributed by atoms with Gasteiger partial charge in [0, 0.05) is 59.6 Å². The van der Waals surface area contributed by atoms with Crippen LogP contribution in [-0.2, 0) is 0 Å². The quantitative estimate of drug-likeness (QED) is 0.432. The lowest BCUT2D eigenvalue weighted by atomic mass is 10.0. The number of nitrogens with zero attached hydrogens (tertiary/aromatic N) is 5. The van der Waals surface area contributed by atoms with Gasteiger partial charge in [-0.3, -0.25) is 4.90 Å². The Balaban J connectivity index is 1.55. The highest BCUT2D eigenvalue weighted by molar-refractivity contribution is 6.30. The minimum Gasteiger partial charge on any atom is -0.383 e. The zero-order valence-corrected chi connectivity index (χ0v) is 20.3. The Labute approximate surface area is 203 Å². The van der Waals surface area contributed by atoms with Crippen LogP contribution in [0.25, 0.3) is 27.9 Å². The SMILES string of the molecule is Cc1nc2c(-c3cc(N4CCN(C(C)C)CC4)ccc3F)cnn2c(N)c1-c1cccc(Cl)c1. The smallest absolute Gasteiger partial charge is 0.165 e. The van der Waals surface area contributed by atoms with Gasteiger partial charge in [0.15, 0.2) is 5.65 Å². The van der Waals surface area contributed by atoms with E-state index in [2.05, 4.69) is 28.7 Å². The fourth-order valence-electron chi connectivity index (χ4n) is 4.74. The molecular formula is C26H28ClFN6. The summed E-state index contributed by atoms with van der Waals surface area (Å²) in [5, 5.41) is 5.08. The summed E-state index contributed by atoms with van der Waals surface area (Å²) in [6, 6.07) is 13.3. The minimum atomic E-state index is -0.309. The van der Waals surface area contributed by atoms with Gasteiger partial charge < -0.3 is 10.6 Å². The van der Waals surface area contributed by atoms with Crippen LogP contribution in [0.15, 0.2) is 48.7 Å². The molecule has 0 bridgehead atoms. The third-order valence-corrected chi connectivity index (χ3v) is 6.86. The van der Waals surface area contributed by atoms with E-state index in [1.54, 1.807) is 10.7 Å². The maximum absolute atomic E-state index is 15.0. The van der Waals surface area contributed by atoms with Gasteiger partial charge in [0.05, 0.1) is 11.9 Å². The molecule has 2 N–H and O–H groups in total. The molecule has 0 spiro atoms. The maximum Gasteiger partial charge on any atom is 0.165 e. The third kappa shape index (κ3) is 3.99. The van der Waals surface area contributed by atoms with Gasteiger partial charge in [-0.25, -0.2) is 9.37 Å². The van der Waals surface area contributed by atoms with Crippen LogP contribution in [0.1, 0.15) is 19.5 Å². The van der Waals surface area contributed by atoms with Crippen molar-refractivity contribution in [2.45, 2.75) is 26.8 Å². The van der Waals surface area contributed by atoms with Gasteiger partial charge in [0.1, 0.15) is 11.6 Å². The van der Waals surface area contributed by atoms with E-state index in [1.165, 1.54) is 6.07 Å². The number of anilines is 2. The molecule has 34 heavy (non-hydrogen) atoms. The third-order valence-electron chi connectivity index (χ3n) is 6.63. The van der Waals surface area contributed by atoms with E-state index in [4.69, 9.17) is 22.3 Å². The van der Waals surface area contributed by atoms with Crippen LogP contribution in [0.5, 0.6) is 0 Å². The van der Waals surface area contributed by atoms with Gasteiger partial charge >= 0.3 is 0 Å². The van der Waals surface area contributed by atoms with Gasteiger partial charge in [-0.15, -0.1) is 0 Å². The molecule has 1 saturated heterocycles. The van der Waals surface area contributed by atoms with E-state index in [0.717, 1.165) is 48.7 Å². The van der Waals surface area contributed by atoms with E-state index >= 15 is 4.39 Å². The molecular weight excluding hydrogens is 451 g/mol. The van der Waals surface area contributed by atoms with E-state index in [9.17, 15) is 0 Å². The van der Waals surface area contributed by atoms with Gasteiger partial charge in [0.2, 0.25) is 0 Å². The summed E-state index contributed by atoms with van der Waals surface area (Å²) in [5.74, 6) is 0.133. The first kappa shape index (κ1) is 22.6. The molecule has 1 aliphatic rings. The van der Waals surface area contributed by atoms with Crippen molar-refractivity contribution < 1.29 is 4.39 Å². The number of aryl methyl sites for hydroxylation is 1. The number of nitrogen functional groups attached to an aromatic ring is 1. The standard InChI is InChI=1S/C26H28ClFN6/c1-16(2)32-9-11-33(12-10-32)20-7-8-23(28)21(14-20)22-15-30-34-25(29)24(17(3)31-26(22)34)18-5-4-6-19(27)13-18/h4-8,13-16H,9-12,29H2,1-3H3. The summed E-state index contributed by atoms with van der Waals surface area (Å²) in [7, 11) is 0. The minimum absolute atomic E-state index is 0.309. The molecule has 5 rings (SSSR count). The number of nitrogens with two attached hydrogens (primary N) is 1. The Morgan fingerprint density at radius 3 is 2.50 bits per heavy atom. The van der Waals surface area contributed by atoms with Gasteiger partial charge in [-0.05, 0) is 56.7 Å². The number of halogens is 2. The summed E-state index contributed by atoms with van der Waals surface area (Å²) in [6.07, 6.45) is 1.64.